The Labute approximate surface area is 120 Å². The van der Waals surface area contributed by atoms with Crippen LogP contribution in [-0.4, -0.2) is 41.1 Å². The standard InChI is InChI=1S/C15H25N3O2/c1-14(2,15(3,4)20)17-12-8-7-10(9-11(12)16)13(19)18(5)6/h7-9,17,20H,16H2,1-6H3. The lowest BCUT2D eigenvalue weighted by molar-refractivity contribution is 0.0241. The van der Waals surface area contributed by atoms with Gasteiger partial charge in [0.25, 0.3) is 5.91 Å². The molecule has 0 radical (unpaired) electrons. The lowest BCUT2D eigenvalue weighted by atomic mass is 9.85. The van der Waals surface area contributed by atoms with E-state index < -0.39 is 11.1 Å². The molecule has 1 aromatic carbocycles. The van der Waals surface area contributed by atoms with Gasteiger partial charge in [0.1, 0.15) is 0 Å². The van der Waals surface area contributed by atoms with E-state index in [2.05, 4.69) is 5.32 Å². The molecule has 4 N–H and O–H groups in total. The number of benzene rings is 1. The number of nitrogens with two attached hydrogens (primary N) is 1. The first-order valence-electron chi connectivity index (χ1n) is 6.57. The second-order valence-electron chi connectivity index (χ2n) is 6.31. The third-order valence-electron chi connectivity index (χ3n) is 3.68. The average molecular weight is 279 g/mol. The second-order valence-corrected chi connectivity index (χ2v) is 6.31. The van der Waals surface area contributed by atoms with Gasteiger partial charge in [0.2, 0.25) is 0 Å². The van der Waals surface area contributed by atoms with Gasteiger partial charge < -0.3 is 21.1 Å². The van der Waals surface area contributed by atoms with Crippen LogP contribution in [-0.2, 0) is 0 Å². The number of nitrogen functional groups attached to an aromatic ring is 1. The summed E-state index contributed by atoms with van der Waals surface area (Å²) >= 11 is 0. The zero-order valence-corrected chi connectivity index (χ0v) is 13.1. The van der Waals surface area contributed by atoms with Gasteiger partial charge in [-0.15, -0.1) is 0 Å². The molecule has 0 aliphatic heterocycles. The predicted molar refractivity (Wildman–Crippen MR) is 82.9 cm³/mol. The fraction of sp³-hybridized carbons (Fsp3) is 0.533. The number of hydrogen-bond acceptors (Lipinski definition) is 4. The van der Waals surface area contributed by atoms with Crippen LogP contribution in [0, 0.1) is 0 Å². The summed E-state index contributed by atoms with van der Waals surface area (Å²) in [4.78, 5) is 13.4. The molecule has 0 aliphatic carbocycles. The third-order valence-corrected chi connectivity index (χ3v) is 3.68. The van der Waals surface area contributed by atoms with Gasteiger partial charge in [0, 0.05) is 19.7 Å². The van der Waals surface area contributed by atoms with Crippen molar-refractivity contribution in [2.75, 3.05) is 25.1 Å². The van der Waals surface area contributed by atoms with E-state index in [4.69, 9.17) is 5.73 Å². The molecule has 0 saturated heterocycles. The third kappa shape index (κ3) is 3.42. The maximum absolute atomic E-state index is 11.9. The van der Waals surface area contributed by atoms with Crippen LogP contribution < -0.4 is 11.1 Å². The molecule has 112 valence electrons. The van der Waals surface area contributed by atoms with Gasteiger partial charge in [-0.2, -0.15) is 0 Å². The lowest BCUT2D eigenvalue weighted by Crippen LogP contribution is -2.51. The molecule has 1 rings (SSSR count). The maximum Gasteiger partial charge on any atom is 0.253 e. The van der Waals surface area contributed by atoms with E-state index in [-0.39, 0.29) is 5.91 Å². The molecule has 0 bridgehead atoms. The number of nitrogens with zero attached hydrogens (tertiary/aromatic N) is 1. The summed E-state index contributed by atoms with van der Waals surface area (Å²) in [5.41, 5.74) is 6.24. The number of amides is 1. The van der Waals surface area contributed by atoms with Crippen LogP contribution in [0.1, 0.15) is 38.1 Å². The number of nitrogens with one attached hydrogen (secondary N) is 1. The van der Waals surface area contributed by atoms with Gasteiger partial charge in [-0.05, 0) is 45.9 Å². The summed E-state index contributed by atoms with van der Waals surface area (Å²) in [5, 5.41) is 13.4. The van der Waals surface area contributed by atoms with Crippen LogP contribution in [0.25, 0.3) is 0 Å². The van der Waals surface area contributed by atoms with Gasteiger partial charge in [0.15, 0.2) is 0 Å². The van der Waals surface area contributed by atoms with Crippen molar-refractivity contribution in [1.29, 1.82) is 0 Å². The minimum atomic E-state index is -0.919. The van der Waals surface area contributed by atoms with Crippen LogP contribution in [0.15, 0.2) is 18.2 Å². The molecule has 1 aromatic rings. The van der Waals surface area contributed by atoms with E-state index in [1.165, 1.54) is 4.90 Å². The van der Waals surface area contributed by atoms with Crippen molar-refractivity contribution in [3.8, 4) is 0 Å². The van der Waals surface area contributed by atoms with Crippen LogP contribution in [0.3, 0.4) is 0 Å². The highest BCUT2D eigenvalue weighted by molar-refractivity contribution is 5.95. The highest BCUT2D eigenvalue weighted by atomic mass is 16.3. The molecule has 0 atom stereocenters. The highest BCUT2D eigenvalue weighted by Crippen LogP contribution is 2.29. The van der Waals surface area contributed by atoms with Crippen molar-refractivity contribution in [2.45, 2.75) is 38.8 Å². The van der Waals surface area contributed by atoms with Crippen LogP contribution >= 0.6 is 0 Å². The Morgan fingerprint density at radius 2 is 1.80 bits per heavy atom. The molecule has 0 unspecified atom stereocenters. The van der Waals surface area contributed by atoms with Gasteiger partial charge in [-0.25, -0.2) is 0 Å². The van der Waals surface area contributed by atoms with Crippen LogP contribution in [0.5, 0.6) is 0 Å². The SMILES string of the molecule is CN(C)C(=O)c1ccc(NC(C)(C)C(C)(C)O)c(N)c1. The number of anilines is 2. The topological polar surface area (TPSA) is 78.6 Å². The van der Waals surface area contributed by atoms with Crippen LogP contribution in [0.4, 0.5) is 11.4 Å². The average Bonchev–Trinajstić information content (AvgIpc) is 2.29. The normalized spacial score (nSPS) is 12.2. The first-order chi connectivity index (χ1) is 8.95. The molecule has 0 aliphatic rings. The molecule has 20 heavy (non-hydrogen) atoms. The molecule has 5 nitrogen and oxygen atoms in total. The molecule has 0 heterocycles. The Kier molecular flexibility index (Phi) is 4.34. The van der Waals surface area contributed by atoms with E-state index in [1.54, 1.807) is 46.1 Å². The summed E-state index contributed by atoms with van der Waals surface area (Å²) in [6.45, 7) is 7.26. The summed E-state index contributed by atoms with van der Waals surface area (Å²) < 4.78 is 0. The monoisotopic (exact) mass is 279 g/mol. The summed E-state index contributed by atoms with van der Waals surface area (Å²) in [6, 6.07) is 5.13. The van der Waals surface area contributed by atoms with E-state index in [0.29, 0.717) is 16.9 Å². The van der Waals surface area contributed by atoms with Gasteiger partial charge in [-0.1, -0.05) is 0 Å². The van der Waals surface area contributed by atoms with Crippen LogP contribution in [0.2, 0.25) is 0 Å². The first kappa shape index (κ1) is 16.3. The molecule has 0 aromatic heterocycles. The summed E-state index contributed by atoms with van der Waals surface area (Å²) in [5.74, 6) is -0.0926. The number of aliphatic hydroxyl groups is 1. The predicted octanol–water partition coefficient (Wildman–Crippen LogP) is 1.93. The molecule has 0 spiro atoms. The van der Waals surface area contributed by atoms with Gasteiger partial charge in [0.05, 0.1) is 22.5 Å². The smallest absolute Gasteiger partial charge is 0.253 e. The second kappa shape index (κ2) is 5.32. The van der Waals surface area contributed by atoms with Crippen molar-refractivity contribution in [3.63, 3.8) is 0 Å². The Morgan fingerprint density at radius 1 is 1.25 bits per heavy atom. The Balaban J connectivity index is 3.04. The van der Waals surface area contributed by atoms with Gasteiger partial charge >= 0.3 is 0 Å². The lowest BCUT2D eigenvalue weighted by Gasteiger charge is -2.39. The minimum Gasteiger partial charge on any atom is -0.397 e. The molecule has 1 amide bonds. The highest BCUT2D eigenvalue weighted by Gasteiger charge is 2.35. The Hall–Kier alpha value is -1.75. The fourth-order valence-electron chi connectivity index (χ4n) is 1.56. The van der Waals surface area contributed by atoms with Gasteiger partial charge in [-0.3, -0.25) is 4.79 Å². The van der Waals surface area contributed by atoms with Crippen molar-refractivity contribution in [1.82, 2.24) is 4.90 Å². The largest absolute Gasteiger partial charge is 0.397 e. The summed E-state index contributed by atoms with van der Waals surface area (Å²) in [7, 11) is 3.39. The van der Waals surface area contributed by atoms with Crippen molar-refractivity contribution in [2.24, 2.45) is 0 Å². The molecular formula is C15H25N3O2. The zero-order chi connectivity index (χ0) is 15.7. The summed E-state index contributed by atoms with van der Waals surface area (Å²) in [6.07, 6.45) is 0. The van der Waals surface area contributed by atoms with E-state index in [1.807, 2.05) is 13.8 Å². The minimum absolute atomic E-state index is 0.0926. The van der Waals surface area contributed by atoms with Crippen molar-refractivity contribution < 1.29 is 9.90 Å². The van der Waals surface area contributed by atoms with E-state index >= 15 is 0 Å². The van der Waals surface area contributed by atoms with Crippen molar-refractivity contribution >= 4 is 17.3 Å². The number of hydrogen-bond donors (Lipinski definition) is 3. The number of carbonyl (C=O) groups is 1. The number of carbonyl (C=O) groups excluding carboxylic acids is 1. The zero-order valence-electron chi connectivity index (χ0n) is 13.1. The molecule has 0 fully saturated rings. The van der Waals surface area contributed by atoms with E-state index in [9.17, 15) is 9.90 Å². The van der Waals surface area contributed by atoms with Crippen molar-refractivity contribution in [3.05, 3.63) is 23.8 Å². The Morgan fingerprint density at radius 3 is 2.20 bits per heavy atom. The maximum atomic E-state index is 11.9. The quantitative estimate of drug-likeness (QED) is 0.736. The first-order valence-corrected chi connectivity index (χ1v) is 6.57. The fourth-order valence-corrected chi connectivity index (χ4v) is 1.56. The molecule has 5 heteroatoms. The Bertz CT molecular complexity index is 502. The molecule has 0 saturated carbocycles. The molecular weight excluding hydrogens is 254 g/mol. The van der Waals surface area contributed by atoms with E-state index in [0.717, 1.165) is 0 Å². The number of rotatable bonds is 4.